The van der Waals surface area contributed by atoms with Crippen LogP contribution in [-0.2, 0) is 22.6 Å². The third-order valence-electron chi connectivity index (χ3n) is 4.71. The summed E-state index contributed by atoms with van der Waals surface area (Å²) in [6.07, 6.45) is 1.35. The first kappa shape index (κ1) is 21.8. The van der Waals surface area contributed by atoms with Crippen LogP contribution < -0.4 is 10.1 Å². The van der Waals surface area contributed by atoms with Crippen molar-refractivity contribution < 1.29 is 14.3 Å². The molecule has 2 rings (SSSR count). The lowest BCUT2D eigenvalue weighted by Crippen LogP contribution is -2.48. The van der Waals surface area contributed by atoms with Crippen LogP contribution in [-0.4, -0.2) is 36.9 Å². The number of nitrogens with one attached hydrogen (secondary N) is 1. The number of nitrogens with zero attached hydrogens (tertiary/aromatic N) is 1. The van der Waals surface area contributed by atoms with Gasteiger partial charge in [0.15, 0.2) is 0 Å². The van der Waals surface area contributed by atoms with Crippen molar-refractivity contribution in [2.45, 2.75) is 38.8 Å². The number of rotatable bonds is 9. The van der Waals surface area contributed by atoms with Crippen LogP contribution in [0.5, 0.6) is 5.75 Å². The fourth-order valence-electron chi connectivity index (χ4n) is 3.10. The van der Waals surface area contributed by atoms with E-state index in [1.165, 1.54) is 0 Å². The number of halogens is 1. The molecule has 0 saturated carbocycles. The van der Waals surface area contributed by atoms with Crippen molar-refractivity contribution in [3.63, 3.8) is 0 Å². The molecule has 0 aliphatic heterocycles. The number of hydrogen-bond acceptors (Lipinski definition) is 3. The molecule has 6 heteroatoms. The number of likely N-dealkylation sites (N-methyl/N-ethyl adjacent to an activating group) is 1. The van der Waals surface area contributed by atoms with Gasteiger partial charge in [0.25, 0.3) is 0 Å². The highest BCUT2D eigenvalue weighted by molar-refractivity contribution is 6.31. The molecule has 0 unspecified atom stereocenters. The minimum atomic E-state index is -0.522. The van der Waals surface area contributed by atoms with E-state index < -0.39 is 6.04 Å². The molecule has 1 N–H and O–H groups in total. The van der Waals surface area contributed by atoms with E-state index in [1.54, 1.807) is 19.1 Å². The van der Waals surface area contributed by atoms with Crippen LogP contribution in [0, 0.1) is 0 Å². The smallest absolute Gasteiger partial charge is 0.242 e. The van der Waals surface area contributed by atoms with Gasteiger partial charge in [-0.15, -0.1) is 0 Å². The predicted octanol–water partition coefficient (Wildman–Crippen LogP) is 3.83. The zero-order valence-electron chi connectivity index (χ0n) is 16.6. The van der Waals surface area contributed by atoms with Crippen LogP contribution in [0.3, 0.4) is 0 Å². The molecule has 0 aliphatic rings. The molecule has 0 heterocycles. The Morgan fingerprint density at radius 3 is 2.39 bits per heavy atom. The average molecular weight is 403 g/mol. The molecule has 28 heavy (non-hydrogen) atoms. The SMILES string of the molecule is CC[C@@H](C(=O)NC)N(Cc1ccc(OC)cc1)C(=O)CCc1ccccc1Cl. The Morgan fingerprint density at radius 2 is 1.82 bits per heavy atom. The second-order valence-corrected chi connectivity index (χ2v) is 6.91. The Bertz CT molecular complexity index is 793. The quantitative estimate of drug-likeness (QED) is 0.693. The number of aryl methyl sites for hydroxylation is 1. The summed E-state index contributed by atoms with van der Waals surface area (Å²) in [6.45, 7) is 2.26. The minimum absolute atomic E-state index is 0.0776. The van der Waals surface area contributed by atoms with E-state index in [2.05, 4.69) is 5.32 Å². The molecule has 0 bridgehead atoms. The van der Waals surface area contributed by atoms with E-state index in [1.807, 2.05) is 55.5 Å². The van der Waals surface area contributed by atoms with Crippen LogP contribution >= 0.6 is 11.6 Å². The summed E-state index contributed by atoms with van der Waals surface area (Å²) >= 11 is 6.21. The van der Waals surface area contributed by atoms with Crippen molar-refractivity contribution in [2.24, 2.45) is 0 Å². The van der Waals surface area contributed by atoms with Gasteiger partial charge in [0, 0.05) is 25.0 Å². The van der Waals surface area contributed by atoms with Crippen molar-refractivity contribution in [1.82, 2.24) is 10.2 Å². The maximum atomic E-state index is 13.1. The molecule has 0 spiro atoms. The zero-order chi connectivity index (χ0) is 20.5. The van der Waals surface area contributed by atoms with E-state index in [0.29, 0.717) is 24.4 Å². The first-order valence-electron chi connectivity index (χ1n) is 9.37. The molecule has 0 aromatic heterocycles. The topological polar surface area (TPSA) is 58.6 Å². The van der Waals surface area contributed by atoms with Gasteiger partial charge in [-0.2, -0.15) is 0 Å². The summed E-state index contributed by atoms with van der Waals surface area (Å²) in [6, 6.07) is 14.5. The van der Waals surface area contributed by atoms with Crippen molar-refractivity contribution in [3.05, 3.63) is 64.7 Å². The Hall–Kier alpha value is -2.53. The largest absolute Gasteiger partial charge is 0.497 e. The molecular formula is C22H27ClN2O3. The second kappa shape index (κ2) is 10.7. The lowest BCUT2D eigenvalue weighted by molar-refractivity contribution is -0.141. The summed E-state index contributed by atoms with van der Waals surface area (Å²) in [5, 5.41) is 3.31. The summed E-state index contributed by atoms with van der Waals surface area (Å²) in [5.41, 5.74) is 1.86. The van der Waals surface area contributed by atoms with E-state index in [9.17, 15) is 9.59 Å². The fourth-order valence-corrected chi connectivity index (χ4v) is 3.33. The van der Waals surface area contributed by atoms with E-state index in [-0.39, 0.29) is 18.2 Å². The normalized spacial score (nSPS) is 11.6. The van der Waals surface area contributed by atoms with Crippen molar-refractivity contribution >= 4 is 23.4 Å². The van der Waals surface area contributed by atoms with Crippen molar-refractivity contribution in [3.8, 4) is 5.75 Å². The maximum absolute atomic E-state index is 13.1. The molecule has 2 aromatic rings. The highest BCUT2D eigenvalue weighted by Crippen LogP contribution is 2.20. The highest BCUT2D eigenvalue weighted by Gasteiger charge is 2.27. The van der Waals surface area contributed by atoms with Gasteiger partial charge in [-0.3, -0.25) is 9.59 Å². The standard InChI is InChI=1S/C22H27ClN2O3/c1-4-20(22(27)24-2)25(15-16-9-12-18(28-3)13-10-16)21(26)14-11-17-7-5-6-8-19(17)23/h5-10,12-13,20H,4,11,14-15H2,1-3H3,(H,24,27)/t20-/m0/s1. The molecule has 2 amide bonds. The summed E-state index contributed by atoms with van der Waals surface area (Å²) in [5.74, 6) is 0.506. The van der Waals surface area contributed by atoms with Crippen LogP contribution in [0.25, 0.3) is 0 Å². The van der Waals surface area contributed by atoms with Gasteiger partial charge in [-0.1, -0.05) is 48.9 Å². The third kappa shape index (κ3) is 5.73. The van der Waals surface area contributed by atoms with Crippen molar-refractivity contribution in [2.75, 3.05) is 14.2 Å². The molecular weight excluding hydrogens is 376 g/mol. The first-order valence-corrected chi connectivity index (χ1v) is 9.75. The Kier molecular flexibility index (Phi) is 8.33. The minimum Gasteiger partial charge on any atom is -0.497 e. The molecule has 0 fully saturated rings. The van der Waals surface area contributed by atoms with Gasteiger partial charge in [0.05, 0.1) is 7.11 Å². The molecule has 1 atom stereocenters. The highest BCUT2D eigenvalue weighted by atomic mass is 35.5. The summed E-state index contributed by atoms with van der Waals surface area (Å²) in [4.78, 5) is 27.1. The average Bonchev–Trinajstić information content (AvgIpc) is 2.73. The molecule has 2 aromatic carbocycles. The van der Waals surface area contributed by atoms with Gasteiger partial charge < -0.3 is 15.0 Å². The van der Waals surface area contributed by atoms with Gasteiger partial charge in [0.1, 0.15) is 11.8 Å². The monoisotopic (exact) mass is 402 g/mol. The summed E-state index contributed by atoms with van der Waals surface area (Å²) in [7, 11) is 3.20. The van der Waals surface area contributed by atoms with Crippen LogP contribution in [0.2, 0.25) is 5.02 Å². The Labute approximate surface area is 171 Å². The lowest BCUT2D eigenvalue weighted by atomic mass is 10.1. The molecule has 0 radical (unpaired) electrons. The Balaban J connectivity index is 2.19. The molecule has 0 saturated heterocycles. The van der Waals surface area contributed by atoms with E-state index in [4.69, 9.17) is 16.3 Å². The Morgan fingerprint density at radius 1 is 1.14 bits per heavy atom. The fraction of sp³-hybridized carbons (Fsp3) is 0.364. The number of carbonyl (C=O) groups excluding carboxylic acids is 2. The van der Waals surface area contributed by atoms with E-state index in [0.717, 1.165) is 16.9 Å². The van der Waals surface area contributed by atoms with Crippen LogP contribution in [0.1, 0.15) is 30.9 Å². The zero-order valence-corrected chi connectivity index (χ0v) is 17.3. The number of methoxy groups -OCH3 is 1. The number of carbonyl (C=O) groups is 2. The van der Waals surface area contributed by atoms with Crippen LogP contribution in [0.4, 0.5) is 0 Å². The van der Waals surface area contributed by atoms with E-state index >= 15 is 0 Å². The number of ether oxygens (including phenoxy) is 1. The van der Waals surface area contributed by atoms with Crippen molar-refractivity contribution in [1.29, 1.82) is 0 Å². The maximum Gasteiger partial charge on any atom is 0.242 e. The third-order valence-corrected chi connectivity index (χ3v) is 5.08. The molecule has 150 valence electrons. The van der Waals surface area contributed by atoms with Gasteiger partial charge in [-0.05, 0) is 42.2 Å². The number of benzene rings is 2. The predicted molar refractivity (Wildman–Crippen MR) is 111 cm³/mol. The summed E-state index contributed by atoms with van der Waals surface area (Å²) < 4.78 is 5.19. The van der Waals surface area contributed by atoms with Gasteiger partial charge >= 0.3 is 0 Å². The number of hydrogen-bond donors (Lipinski definition) is 1. The van der Waals surface area contributed by atoms with Gasteiger partial charge in [-0.25, -0.2) is 0 Å². The lowest BCUT2D eigenvalue weighted by Gasteiger charge is -2.30. The molecule has 0 aliphatic carbocycles. The van der Waals surface area contributed by atoms with Crippen LogP contribution in [0.15, 0.2) is 48.5 Å². The van der Waals surface area contributed by atoms with Gasteiger partial charge in [0.2, 0.25) is 11.8 Å². The molecule has 5 nitrogen and oxygen atoms in total. The number of amides is 2. The first-order chi connectivity index (χ1) is 13.5. The second-order valence-electron chi connectivity index (χ2n) is 6.50.